The summed E-state index contributed by atoms with van der Waals surface area (Å²) in [6.45, 7) is 3.72. The summed E-state index contributed by atoms with van der Waals surface area (Å²) in [5, 5.41) is 3.02. The van der Waals surface area contributed by atoms with Crippen molar-refractivity contribution in [2.75, 3.05) is 26.2 Å². The summed E-state index contributed by atoms with van der Waals surface area (Å²) >= 11 is 0. The molecule has 6 nitrogen and oxygen atoms in total. The van der Waals surface area contributed by atoms with Crippen LogP contribution in [0.15, 0.2) is 54.9 Å². The van der Waals surface area contributed by atoms with Crippen LogP contribution in [0.3, 0.4) is 0 Å². The van der Waals surface area contributed by atoms with Crippen LogP contribution >= 0.6 is 0 Å². The van der Waals surface area contributed by atoms with Crippen molar-refractivity contribution in [1.82, 2.24) is 20.1 Å². The number of likely N-dealkylation sites (tertiary alicyclic amines) is 2. The molecule has 0 spiro atoms. The Bertz CT molecular complexity index is 829. The second-order valence-corrected chi connectivity index (χ2v) is 8.23. The molecule has 2 amide bonds. The molecule has 6 heteroatoms. The summed E-state index contributed by atoms with van der Waals surface area (Å²) in [4.78, 5) is 34.4. The summed E-state index contributed by atoms with van der Waals surface area (Å²) in [7, 11) is 0. The van der Waals surface area contributed by atoms with Gasteiger partial charge in [-0.2, -0.15) is 0 Å². The highest BCUT2D eigenvalue weighted by Gasteiger charge is 2.35. The van der Waals surface area contributed by atoms with Gasteiger partial charge in [-0.25, -0.2) is 0 Å². The largest absolute Gasteiger partial charge is 0.352 e. The van der Waals surface area contributed by atoms with Crippen LogP contribution in [-0.4, -0.2) is 52.8 Å². The Morgan fingerprint density at radius 1 is 1.00 bits per heavy atom. The van der Waals surface area contributed by atoms with E-state index in [2.05, 4.69) is 27.3 Å². The zero-order valence-corrected chi connectivity index (χ0v) is 17.4. The number of hydrogen-bond donors (Lipinski definition) is 1. The lowest BCUT2D eigenvalue weighted by Gasteiger charge is -2.36. The molecule has 1 atom stereocenters. The predicted octanol–water partition coefficient (Wildman–Crippen LogP) is 2.77. The minimum absolute atomic E-state index is 0.0346. The van der Waals surface area contributed by atoms with Gasteiger partial charge in [-0.3, -0.25) is 19.5 Å². The number of carbonyl (C=O) groups excluding carboxylic acids is 2. The third-order valence-electron chi connectivity index (χ3n) is 6.22. The monoisotopic (exact) mass is 406 g/mol. The van der Waals surface area contributed by atoms with Crippen LogP contribution in [0.1, 0.15) is 42.9 Å². The number of piperidine rings is 1. The lowest BCUT2D eigenvalue weighted by molar-refractivity contribution is -0.140. The molecular formula is C24H30N4O2. The van der Waals surface area contributed by atoms with Crippen LogP contribution in [0.25, 0.3) is 0 Å². The van der Waals surface area contributed by atoms with Gasteiger partial charge >= 0.3 is 0 Å². The molecule has 1 N–H and O–H groups in total. The highest BCUT2D eigenvalue weighted by Crippen LogP contribution is 2.29. The van der Waals surface area contributed by atoms with Gasteiger partial charge in [0.25, 0.3) is 0 Å². The summed E-state index contributed by atoms with van der Waals surface area (Å²) < 4.78 is 0. The van der Waals surface area contributed by atoms with Gasteiger partial charge in [0.1, 0.15) is 6.04 Å². The quantitative estimate of drug-likeness (QED) is 0.801. The number of nitrogens with zero attached hydrogens (tertiary/aromatic N) is 3. The number of amides is 2. The van der Waals surface area contributed by atoms with Gasteiger partial charge in [-0.05, 0) is 56.0 Å². The maximum atomic E-state index is 13.4. The van der Waals surface area contributed by atoms with Crippen molar-refractivity contribution in [2.24, 2.45) is 5.92 Å². The first-order valence-electron chi connectivity index (χ1n) is 11.0. The number of nitrogens with one attached hydrogen (secondary N) is 1. The third kappa shape index (κ3) is 4.87. The fraction of sp³-hybridized carbons (Fsp3) is 0.458. The molecule has 30 heavy (non-hydrogen) atoms. The molecule has 1 aromatic carbocycles. The zero-order chi connectivity index (χ0) is 20.8. The van der Waals surface area contributed by atoms with E-state index in [0.29, 0.717) is 32.5 Å². The molecule has 2 fully saturated rings. The molecule has 1 aromatic heterocycles. The number of benzene rings is 1. The SMILES string of the molecule is O=C(NCc1cccnc1)C1CCN(C(=O)C(c2ccccc2)N2CCCC2)CC1. The number of pyridine rings is 1. The first-order valence-corrected chi connectivity index (χ1v) is 11.0. The van der Waals surface area contributed by atoms with E-state index >= 15 is 0 Å². The molecule has 2 aliphatic rings. The van der Waals surface area contributed by atoms with Gasteiger partial charge in [0.2, 0.25) is 11.8 Å². The Balaban J connectivity index is 1.34. The topological polar surface area (TPSA) is 65.5 Å². The van der Waals surface area contributed by atoms with E-state index in [1.54, 1.807) is 12.4 Å². The maximum absolute atomic E-state index is 13.4. The molecule has 0 saturated carbocycles. The average molecular weight is 407 g/mol. The Morgan fingerprint density at radius 2 is 1.73 bits per heavy atom. The molecule has 0 radical (unpaired) electrons. The van der Waals surface area contributed by atoms with E-state index in [-0.39, 0.29) is 23.8 Å². The Kier molecular flexibility index (Phi) is 6.74. The van der Waals surface area contributed by atoms with Gasteiger partial charge in [0, 0.05) is 37.9 Å². The van der Waals surface area contributed by atoms with Gasteiger partial charge in [-0.15, -0.1) is 0 Å². The van der Waals surface area contributed by atoms with Crippen LogP contribution < -0.4 is 5.32 Å². The summed E-state index contributed by atoms with van der Waals surface area (Å²) in [6, 6.07) is 13.7. The van der Waals surface area contributed by atoms with Crippen molar-refractivity contribution < 1.29 is 9.59 Å². The standard InChI is InChI=1S/C24H30N4O2/c29-23(26-18-19-7-6-12-25-17-19)21-10-15-28(16-11-21)24(30)22(27-13-4-5-14-27)20-8-2-1-3-9-20/h1-3,6-9,12,17,21-22H,4-5,10-11,13-16,18H2,(H,26,29). The van der Waals surface area contributed by atoms with Crippen molar-refractivity contribution in [3.63, 3.8) is 0 Å². The fourth-order valence-electron chi connectivity index (χ4n) is 4.52. The average Bonchev–Trinajstić information content (AvgIpc) is 3.33. The Morgan fingerprint density at radius 3 is 2.40 bits per heavy atom. The minimum atomic E-state index is -0.204. The van der Waals surface area contributed by atoms with Gasteiger partial charge in [0.05, 0.1) is 0 Å². The van der Waals surface area contributed by atoms with Crippen molar-refractivity contribution >= 4 is 11.8 Å². The van der Waals surface area contributed by atoms with Gasteiger partial charge in [0.15, 0.2) is 0 Å². The van der Waals surface area contributed by atoms with Crippen molar-refractivity contribution in [3.8, 4) is 0 Å². The highest BCUT2D eigenvalue weighted by atomic mass is 16.2. The number of carbonyl (C=O) groups is 2. The Hall–Kier alpha value is -2.73. The summed E-state index contributed by atoms with van der Waals surface area (Å²) in [5.41, 5.74) is 2.07. The van der Waals surface area contributed by atoms with Crippen molar-refractivity contribution in [3.05, 3.63) is 66.0 Å². The van der Waals surface area contributed by atoms with Crippen LogP contribution in [0, 0.1) is 5.92 Å². The number of rotatable bonds is 6. The van der Waals surface area contributed by atoms with E-state index in [4.69, 9.17) is 0 Å². The van der Waals surface area contributed by atoms with Crippen LogP contribution in [-0.2, 0) is 16.1 Å². The van der Waals surface area contributed by atoms with Crippen molar-refractivity contribution in [1.29, 1.82) is 0 Å². The zero-order valence-electron chi connectivity index (χ0n) is 17.4. The highest BCUT2D eigenvalue weighted by molar-refractivity contribution is 5.84. The van der Waals surface area contributed by atoms with Crippen LogP contribution in [0.2, 0.25) is 0 Å². The smallest absolute Gasteiger partial charge is 0.244 e. The Labute approximate surface area is 178 Å². The maximum Gasteiger partial charge on any atom is 0.244 e. The molecule has 3 heterocycles. The normalized spacial score (nSPS) is 18.9. The molecule has 2 aromatic rings. The summed E-state index contributed by atoms with van der Waals surface area (Å²) in [5.74, 6) is 0.218. The first kappa shape index (κ1) is 20.5. The lowest BCUT2D eigenvalue weighted by atomic mass is 9.94. The van der Waals surface area contributed by atoms with E-state index in [9.17, 15) is 9.59 Å². The second-order valence-electron chi connectivity index (χ2n) is 8.23. The molecule has 4 rings (SSSR count). The predicted molar refractivity (Wildman–Crippen MR) is 115 cm³/mol. The van der Waals surface area contributed by atoms with Gasteiger partial charge in [-0.1, -0.05) is 36.4 Å². The molecule has 1 unspecified atom stereocenters. The number of aromatic nitrogens is 1. The molecular weight excluding hydrogens is 376 g/mol. The van der Waals surface area contributed by atoms with Gasteiger partial charge < -0.3 is 10.2 Å². The fourth-order valence-corrected chi connectivity index (χ4v) is 4.52. The minimum Gasteiger partial charge on any atom is -0.352 e. The second kappa shape index (κ2) is 9.85. The lowest BCUT2D eigenvalue weighted by Crippen LogP contribution is -2.47. The van der Waals surface area contributed by atoms with Crippen LogP contribution in [0.4, 0.5) is 0 Å². The van der Waals surface area contributed by atoms with E-state index < -0.39 is 0 Å². The molecule has 0 bridgehead atoms. The van der Waals surface area contributed by atoms with E-state index in [1.165, 1.54) is 0 Å². The molecule has 0 aliphatic carbocycles. The number of hydrogen-bond acceptors (Lipinski definition) is 4. The van der Waals surface area contributed by atoms with Crippen LogP contribution in [0.5, 0.6) is 0 Å². The third-order valence-corrected chi connectivity index (χ3v) is 6.22. The first-order chi connectivity index (χ1) is 14.7. The summed E-state index contributed by atoms with van der Waals surface area (Å²) in [6.07, 6.45) is 7.22. The van der Waals surface area contributed by atoms with E-state index in [0.717, 1.165) is 37.1 Å². The van der Waals surface area contributed by atoms with Crippen molar-refractivity contribution in [2.45, 2.75) is 38.3 Å². The molecule has 2 aliphatic heterocycles. The van der Waals surface area contributed by atoms with E-state index in [1.807, 2.05) is 35.2 Å². The molecule has 158 valence electrons. The molecule has 2 saturated heterocycles.